The zero-order valence-corrected chi connectivity index (χ0v) is 16.1. The number of hydrogen-bond donors (Lipinski definition) is 2. The van der Waals surface area contributed by atoms with Gasteiger partial charge in [0.25, 0.3) is 11.8 Å². The lowest BCUT2D eigenvalue weighted by Crippen LogP contribution is -2.41. The predicted molar refractivity (Wildman–Crippen MR) is 99.6 cm³/mol. The lowest BCUT2D eigenvalue weighted by Gasteiger charge is -2.22. The molecule has 0 spiro atoms. The highest BCUT2D eigenvalue weighted by atomic mass is 16.5. The van der Waals surface area contributed by atoms with Gasteiger partial charge in [-0.1, -0.05) is 35.0 Å². The van der Waals surface area contributed by atoms with Gasteiger partial charge in [0.05, 0.1) is 0 Å². The molecule has 0 saturated carbocycles. The molecule has 2 heterocycles. The quantitative estimate of drug-likeness (QED) is 0.551. The van der Waals surface area contributed by atoms with E-state index in [4.69, 9.17) is 9.26 Å². The van der Waals surface area contributed by atoms with E-state index in [1.165, 1.54) is 6.07 Å². The fourth-order valence-corrected chi connectivity index (χ4v) is 2.85. The summed E-state index contributed by atoms with van der Waals surface area (Å²) in [5, 5.41) is 8.57. The maximum Gasteiger partial charge on any atom is 0.326 e. The number of benzene rings is 1. The van der Waals surface area contributed by atoms with Gasteiger partial charge >= 0.3 is 12.0 Å². The Morgan fingerprint density at radius 1 is 1.24 bits per heavy atom. The first-order valence-electron chi connectivity index (χ1n) is 8.79. The van der Waals surface area contributed by atoms with E-state index in [0.29, 0.717) is 11.3 Å². The second kappa shape index (κ2) is 7.74. The van der Waals surface area contributed by atoms with E-state index in [1.807, 2.05) is 19.1 Å². The highest BCUT2D eigenvalue weighted by Gasteiger charge is 2.49. The minimum absolute atomic E-state index is 0.187. The number of esters is 1. The first-order valence-corrected chi connectivity index (χ1v) is 8.79. The molecule has 1 atom stereocenters. The first kappa shape index (κ1) is 20.1. The smallest absolute Gasteiger partial charge is 0.326 e. The number of ether oxygens (including phenoxy) is 1. The van der Waals surface area contributed by atoms with Gasteiger partial charge < -0.3 is 19.9 Å². The molecule has 2 aromatic rings. The van der Waals surface area contributed by atoms with Crippen molar-refractivity contribution in [1.29, 1.82) is 0 Å². The third-order valence-corrected chi connectivity index (χ3v) is 4.45. The van der Waals surface area contributed by atoms with Crippen molar-refractivity contribution in [1.82, 2.24) is 15.4 Å². The van der Waals surface area contributed by atoms with Gasteiger partial charge in [0.15, 0.2) is 12.4 Å². The molecule has 3 rings (SSSR count). The summed E-state index contributed by atoms with van der Waals surface area (Å²) in [5.74, 6) is -1.41. The molecule has 2 N–H and O–H groups in total. The van der Waals surface area contributed by atoms with Gasteiger partial charge in [0.1, 0.15) is 17.8 Å². The minimum atomic E-state index is -1.28. The van der Waals surface area contributed by atoms with Gasteiger partial charge in [-0.05, 0) is 26.3 Å². The van der Waals surface area contributed by atoms with Crippen molar-refractivity contribution >= 4 is 29.6 Å². The van der Waals surface area contributed by atoms with Crippen molar-refractivity contribution in [3.05, 3.63) is 47.2 Å². The summed E-state index contributed by atoms with van der Waals surface area (Å²) < 4.78 is 9.65. The number of anilines is 1. The fraction of sp³-hybridized carbons (Fsp3) is 0.316. The number of nitrogens with one attached hydrogen (secondary N) is 2. The third kappa shape index (κ3) is 4.26. The molecule has 0 unspecified atom stereocenters. The zero-order valence-electron chi connectivity index (χ0n) is 16.1. The van der Waals surface area contributed by atoms with E-state index in [2.05, 4.69) is 15.8 Å². The summed E-state index contributed by atoms with van der Waals surface area (Å²) in [6.45, 7) is 3.93. The molecular formula is C19H20N4O6. The highest BCUT2D eigenvalue weighted by Crippen LogP contribution is 2.28. The number of carbonyl (C=O) groups is 4. The van der Waals surface area contributed by atoms with Crippen LogP contribution in [0.4, 0.5) is 10.6 Å². The maximum atomic E-state index is 12.8. The normalized spacial score (nSPS) is 18.5. The van der Waals surface area contributed by atoms with Crippen LogP contribution >= 0.6 is 0 Å². The molecule has 29 heavy (non-hydrogen) atoms. The SMILES string of the molecule is Cc1ccc([C@]2(C)NC(=O)N(CC(=O)OCC(=O)Nc3cc(C)on3)C2=O)cc1. The molecule has 1 aromatic heterocycles. The van der Waals surface area contributed by atoms with E-state index in [-0.39, 0.29) is 5.82 Å². The van der Waals surface area contributed by atoms with Gasteiger partial charge in [0, 0.05) is 6.07 Å². The van der Waals surface area contributed by atoms with Crippen molar-refractivity contribution < 1.29 is 28.4 Å². The molecule has 152 valence electrons. The number of imide groups is 1. The molecule has 0 radical (unpaired) electrons. The molecule has 1 fully saturated rings. The Labute approximate surface area is 166 Å². The molecule has 1 aliphatic heterocycles. The van der Waals surface area contributed by atoms with Gasteiger partial charge in [0.2, 0.25) is 0 Å². The van der Waals surface area contributed by atoms with Crippen LogP contribution in [0.15, 0.2) is 34.9 Å². The number of nitrogens with zero attached hydrogens (tertiary/aromatic N) is 2. The Morgan fingerprint density at radius 2 is 1.93 bits per heavy atom. The number of urea groups is 1. The van der Waals surface area contributed by atoms with Crippen molar-refractivity contribution in [2.24, 2.45) is 0 Å². The predicted octanol–water partition coefficient (Wildman–Crippen LogP) is 1.24. The number of aryl methyl sites for hydroxylation is 2. The monoisotopic (exact) mass is 400 g/mol. The molecule has 1 aromatic carbocycles. The lowest BCUT2D eigenvalue weighted by atomic mass is 9.91. The zero-order chi connectivity index (χ0) is 21.2. The van der Waals surface area contributed by atoms with E-state index in [9.17, 15) is 19.2 Å². The van der Waals surface area contributed by atoms with Crippen LogP contribution < -0.4 is 10.6 Å². The minimum Gasteiger partial charge on any atom is -0.454 e. The van der Waals surface area contributed by atoms with Gasteiger partial charge in [-0.3, -0.25) is 19.3 Å². The van der Waals surface area contributed by atoms with E-state index >= 15 is 0 Å². The Bertz CT molecular complexity index is 967. The number of amides is 4. The average molecular weight is 400 g/mol. The number of hydrogen-bond acceptors (Lipinski definition) is 7. The molecule has 4 amide bonds. The second-order valence-corrected chi connectivity index (χ2v) is 6.84. The average Bonchev–Trinajstić information content (AvgIpc) is 3.17. The third-order valence-electron chi connectivity index (χ3n) is 4.45. The highest BCUT2D eigenvalue weighted by molar-refractivity contribution is 6.09. The van der Waals surface area contributed by atoms with Crippen LogP contribution in [0.1, 0.15) is 23.8 Å². The van der Waals surface area contributed by atoms with Crippen LogP contribution in [0.5, 0.6) is 0 Å². The summed E-state index contributed by atoms with van der Waals surface area (Å²) in [6, 6.07) is 7.92. The van der Waals surface area contributed by atoms with Crippen molar-refractivity contribution in [3.8, 4) is 0 Å². The topological polar surface area (TPSA) is 131 Å². The largest absolute Gasteiger partial charge is 0.454 e. The molecule has 0 bridgehead atoms. The molecule has 10 nitrogen and oxygen atoms in total. The Balaban J connectivity index is 1.57. The Kier molecular flexibility index (Phi) is 5.35. The van der Waals surface area contributed by atoms with E-state index in [0.717, 1.165) is 10.5 Å². The molecule has 0 aliphatic carbocycles. The van der Waals surface area contributed by atoms with Crippen LogP contribution in [-0.2, 0) is 24.7 Å². The number of rotatable bonds is 6. The van der Waals surface area contributed by atoms with E-state index in [1.54, 1.807) is 26.0 Å². The summed E-state index contributed by atoms with van der Waals surface area (Å²) in [5.41, 5.74) is 0.320. The van der Waals surface area contributed by atoms with Gasteiger partial charge in [-0.15, -0.1) is 0 Å². The van der Waals surface area contributed by atoms with Crippen molar-refractivity contribution in [2.45, 2.75) is 26.3 Å². The molecule has 1 aliphatic rings. The summed E-state index contributed by atoms with van der Waals surface area (Å²) in [4.78, 5) is 49.6. The van der Waals surface area contributed by atoms with Crippen LogP contribution in [0.3, 0.4) is 0 Å². The molecular weight excluding hydrogens is 380 g/mol. The molecule has 10 heteroatoms. The van der Waals surface area contributed by atoms with E-state index < -0.39 is 42.5 Å². The van der Waals surface area contributed by atoms with Crippen molar-refractivity contribution in [2.75, 3.05) is 18.5 Å². The lowest BCUT2D eigenvalue weighted by molar-refractivity contribution is -0.150. The van der Waals surface area contributed by atoms with Crippen LogP contribution in [0.2, 0.25) is 0 Å². The first-order chi connectivity index (χ1) is 13.7. The van der Waals surface area contributed by atoms with Crippen LogP contribution in [-0.4, -0.2) is 47.0 Å². The van der Waals surface area contributed by atoms with Gasteiger partial charge in [-0.2, -0.15) is 0 Å². The summed E-state index contributed by atoms with van der Waals surface area (Å²) >= 11 is 0. The fourth-order valence-electron chi connectivity index (χ4n) is 2.85. The Morgan fingerprint density at radius 3 is 2.55 bits per heavy atom. The summed E-state index contributed by atoms with van der Waals surface area (Å²) in [7, 11) is 0. The van der Waals surface area contributed by atoms with Gasteiger partial charge in [-0.25, -0.2) is 4.79 Å². The van der Waals surface area contributed by atoms with Crippen LogP contribution in [0, 0.1) is 13.8 Å². The summed E-state index contributed by atoms with van der Waals surface area (Å²) in [6.07, 6.45) is 0. The number of carbonyl (C=O) groups excluding carboxylic acids is 4. The Hall–Kier alpha value is -3.69. The molecule has 1 saturated heterocycles. The maximum absolute atomic E-state index is 12.8. The van der Waals surface area contributed by atoms with Crippen LogP contribution in [0.25, 0.3) is 0 Å². The second-order valence-electron chi connectivity index (χ2n) is 6.84. The van der Waals surface area contributed by atoms with Crippen molar-refractivity contribution in [3.63, 3.8) is 0 Å². The standard InChI is InChI=1S/C19H20N4O6/c1-11-4-6-13(7-5-11)19(3)17(26)23(18(27)21-19)9-16(25)28-10-15(24)20-14-8-12(2)29-22-14/h4-8H,9-10H2,1-3H3,(H,21,27)(H,20,22,24)/t19-/m0/s1. The number of aromatic nitrogens is 1.